The number of rotatable bonds is 7. The van der Waals surface area contributed by atoms with Gasteiger partial charge in [-0.3, -0.25) is 0 Å². The molecule has 3 heterocycles. The van der Waals surface area contributed by atoms with E-state index in [9.17, 15) is 18.4 Å². The minimum Gasteiger partial charge on any atom is -0.474 e. The molecule has 1 saturated heterocycles. The number of anilines is 1. The number of nitriles is 1. The Labute approximate surface area is 213 Å². The van der Waals surface area contributed by atoms with E-state index in [1.165, 1.54) is 12.1 Å². The van der Waals surface area contributed by atoms with Crippen LogP contribution < -0.4 is 10.1 Å². The normalized spacial score (nSPS) is 18.5. The zero-order chi connectivity index (χ0) is 26.3. The Morgan fingerprint density at radius 3 is 2.51 bits per heavy atom. The van der Waals surface area contributed by atoms with Crippen molar-refractivity contribution in [1.82, 2.24) is 19.9 Å². The van der Waals surface area contributed by atoms with Gasteiger partial charge < -0.3 is 15.0 Å². The Balaban J connectivity index is 1.54. The fraction of sp³-hybridized carbons (Fsp3) is 0.481. The molecule has 1 saturated carbocycles. The van der Waals surface area contributed by atoms with Crippen LogP contribution in [0.1, 0.15) is 67.6 Å². The van der Waals surface area contributed by atoms with Crippen LogP contribution in [-0.4, -0.2) is 46.1 Å². The number of alkyl halides is 2. The van der Waals surface area contributed by atoms with Crippen molar-refractivity contribution in [1.29, 1.82) is 5.26 Å². The van der Waals surface area contributed by atoms with Crippen LogP contribution in [0, 0.1) is 24.1 Å². The Morgan fingerprint density at radius 1 is 1.16 bits per heavy atom. The molecule has 10 heteroatoms. The van der Waals surface area contributed by atoms with E-state index in [4.69, 9.17) is 9.72 Å². The van der Waals surface area contributed by atoms with E-state index in [1.54, 1.807) is 13.8 Å². The van der Waals surface area contributed by atoms with E-state index >= 15 is 0 Å². The number of hydrogen-bond donors (Lipinski definition) is 1. The third-order valence-electron chi connectivity index (χ3n) is 7.30. The first-order valence-electron chi connectivity index (χ1n) is 12.5. The summed E-state index contributed by atoms with van der Waals surface area (Å²) in [7, 11) is 2.08. The van der Waals surface area contributed by atoms with Gasteiger partial charge in [-0.1, -0.05) is 18.2 Å². The summed E-state index contributed by atoms with van der Waals surface area (Å²) in [6, 6.07) is 7.58. The Kier molecular flexibility index (Phi) is 6.67. The molecule has 1 N–H and O–H groups in total. The summed E-state index contributed by atoms with van der Waals surface area (Å²) in [4.78, 5) is 16.0. The maximum Gasteiger partial charge on any atom is 0.266 e. The van der Waals surface area contributed by atoms with Gasteiger partial charge in [0.25, 0.3) is 6.43 Å². The highest BCUT2D eigenvalue weighted by Crippen LogP contribution is 2.51. The van der Waals surface area contributed by atoms with Crippen LogP contribution >= 0.6 is 0 Å². The SMILES string of the molecule is Cc1nc(N[C@H](C)c2cccc(C(F)F)c2F)c2cc(C3(C#N)CC3)c(OC3CCN(C)CC3)nc2n1. The van der Waals surface area contributed by atoms with Crippen LogP contribution in [0.25, 0.3) is 11.0 Å². The molecular formula is C27H29F3N6O. The van der Waals surface area contributed by atoms with Crippen LogP contribution in [0.15, 0.2) is 24.3 Å². The van der Waals surface area contributed by atoms with Crippen molar-refractivity contribution in [3.8, 4) is 11.9 Å². The molecule has 0 radical (unpaired) electrons. The van der Waals surface area contributed by atoms with Crippen LogP contribution in [-0.2, 0) is 5.41 Å². The molecule has 3 aromatic rings. The number of halogens is 3. The van der Waals surface area contributed by atoms with Crippen LogP contribution in [0.4, 0.5) is 19.0 Å². The van der Waals surface area contributed by atoms with E-state index in [-0.39, 0.29) is 11.7 Å². The lowest BCUT2D eigenvalue weighted by atomic mass is 9.97. The predicted octanol–water partition coefficient (Wildman–Crippen LogP) is 5.61. The Hall–Kier alpha value is -3.45. The lowest BCUT2D eigenvalue weighted by Gasteiger charge is -2.30. The summed E-state index contributed by atoms with van der Waals surface area (Å²) < 4.78 is 47.7. The first kappa shape index (κ1) is 25.2. The molecule has 2 fully saturated rings. The smallest absolute Gasteiger partial charge is 0.266 e. The summed E-state index contributed by atoms with van der Waals surface area (Å²) in [5.74, 6) is 0.316. The fourth-order valence-corrected chi connectivity index (χ4v) is 4.87. The first-order valence-corrected chi connectivity index (χ1v) is 12.5. The number of nitrogens with zero attached hydrogens (tertiary/aromatic N) is 5. The van der Waals surface area contributed by atoms with Gasteiger partial charge in [-0.25, -0.2) is 23.1 Å². The summed E-state index contributed by atoms with van der Waals surface area (Å²) in [5, 5.41) is 13.7. The third-order valence-corrected chi connectivity index (χ3v) is 7.30. The molecule has 1 aliphatic heterocycles. The van der Waals surface area contributed by atoms with E-state index in [0.717, 1.165) is 32.0 Å². The van der Waals surface area contributed by atoms with Crippen molar-refractivity contribution < 1.29 is 17.9 Å². The van der Waals surface area contributed by atoms with Gasteiger partial charge in [0.2, 0.25) is 5.88 Å². The van der Waals surface area contributed by atoms with Gasteiger partial charge in [-0.05, 0) is 52.6 Å². The summed E-state index contributed by atoms with van der Waals surface area (Å²) in [5.41, 5.74) is -0.111. The number of fused-ring (bicyclic) bond motifs is 1. The van der Waals surface area contributed by atoms with Gasteiger partial charge in [-0.15, -0.1) is 0 Å². The second-order valence-corrected chi connectivity index (χ2v) is 10.1. The number of benzene rings is 1. The lowest BCUT2D eigenvalue weighted by Crippen LogP contribution is -2.36. The molecule has 194 valence electrons. The van der Waals surface area contributed by atoms with Gasteiger partial charge in [0.1, 0.15) is 23.6 Å². The first-order chi connectivity index (χ1) is 17.7. The fourth-order valence-electron chi connectivity index (χ4n) is 4.87. The predicted molar refractivity (Wildman–Crippen MR) is 133 cm³/mol. The molecule has 0 unspecified atom stereocenters. The van der Waals surface area contributed by atoms with Crippen LogP contribution in [0.3, 0.4) is 0 Å². The molecule has 2 aliphatic rings. The topological polar surface area (TPSA) is 87.0 Å². The zero-order valence-corrected chi connectivity index (χ0v) is 21.1. The van der Waals surface area contributed by atoms with Crippen LogP contribution in [0.5, 0.6) is 5.88 Å². The Morgan fingerprint density at radius 2 is 1.86 bits per heavy atom. The van der Waals surface area contributed by atoms with E-state index in [1.807, 2.05) is 6.07 Å². The van der Waals surface area contributed by atoms with Gasteiger partial charge >= 0.3 is 0 Å². The second-order valence-electron chi connectivity index (χ2n) is 10.1. The summed E-state index contributed by atoms with van der Waals surface area (Å²) in [6.45, 7) is 5.25. The van der Waals surface area contributed by atoms with Gasteiger partial charge in [0, 0.05) is 24.2 Å². The van der Waals surface area contributed by atoms with E-state index in [0.29, 0.717) is 47.0 Å². The number of hydrogen-bond acceptors (Lipinski definition) is 7. The summed E-state index contributed by atoms with van der Waals surface area (Å²) >= 11 is 0. The molecule has 1 aliphatic carbocycles. The molecule has 0 bridgehead atoms. The van der Waals surface area contributed by atoms with Gasteiger partial charge in [0.15, 0.2) is 5.65 Å². The Bertz CT molecular complexity index is 1360. The number of ether oxygens (including phenoxy) is 1. The maximum absolute atomic E-state index is 14.8. The van der Waals surface area contributed by atoms with Crippen molar-refractivity contribution in [2.45, 2.75) is 63.5 Å². The third kappa shape index (κ3) is 4.92. The van der Waals surface area contributed by atoms with Crippen molar-refractivity contribution >= 4 is 16.9 Å². The number of nitrogens with one attached hydrogen (secondary N) is 1. The highest BCUT2D eigenvalue weighted by atomic mass is 19.3. The molecule has 7 nitrogen and oxygen atoms in total. The highest BCUT2D eigenvalue weighted by molar-refractivity contribution is 5.88. The highest BCUT2D eigenvalue weighted by Gasteiger charge is 2.48. The number of aromatic nitrogens is 3. The van der Waals surface area contributed by atoms with E-state index in [2.05, 4.69) is 33.3 Å². The molecule has 0 amide bonds. The number of likely N-dealkylation sites (tertiary alicyclic amines) is 1. The standard InChI is InChI=1S/C27H29F3N6O/c1-15(18-5-4-6-19(22(18)28)23(29)30)32-24-20-13-21(27(14-31)9-10-27)26(35-25(20)34-16(2)33-24)37-17-7-11-36(3)12-8-17/h4-6,13,15,17,23H,7-12H2,1-3H3,(H,32,33,34,35)/t15-/m1/s1. The van der Waals surface area contributed by atoms with Crippen molar-refractivity contribution in [3.63, 3.8) is 0 Å². The number of pyridine rings is 1. The second kappa shape index (κ2) is 9.78. The zero-order valence-electron chi connectivity index (χ0n) is 21.1. The number of aryl methyl sites for hydroxylation is 1. The number of piperidine rings is 1. The van der Waals surface area contributed by atoms with Crippen molar-refractivity contribution in [2.24, 2.45) is 0 Å². The van der Waals surface area contributed by atoms with E-state index < -0.39 is 29.3 Å². The van der Waals surface area contributed by atoms with Gasteiger partial charge in [-0.2, -0.15) is 10.2 Å². The maximum atomic E-state index is 14.8. The molecular weight excluding hydrogens is 481 g/mol. The average molecular weight is 511 g/mol. The van der Waals surface area contributed by atoms with Crippen molar-refractivity contribution in [2.75, 3.05) is 25.5 Å². The average Bonchev–Trinajstić information content (AvgIpc) is 3.66. The monoisotopic (exact) mass is 510 g/mol. The molecule has 1 atom stereocenters. The molecule has 0 spiro atoms. The summed E-state index contributed by atoms with van der Waals surface area (Å²) in [6.07, 6.45) is 0.234. The minimum atomic E-state index is -2.91. The minimum absolute atomic E-state index is 0.0000288. The largest absolute Gasteiger partial charge is 0.474 e. The molecule has 1 aromatic carbocycles. The molecule has 37 heavy (non-hydrogen) atoms. The molecule has 5 rings (SSSR count). The quantitative estimate of drug-likeness (QED) is 0.442. The van der Waals surface area contributed by atoms with Crippen molar-refractivity contribution in [3.05, 3.63) is 52.6 Å². The molecule has 2 aromatic heterocycles. The van der Waals surface area contributed by atoms with Crippen LogP contribution in [0.2, 0.25) is 0 Å². The van der Waals surface area contributed by atoms with Gasteiger partial charge in [0.05, 0.1) is 28.5 Å². The lowest BCUT2D eigenvalue weighted by molar-refractivity contribution is 0.109.